The monoisotopic (exact) mass is 170 g/mol. The fraction of sp³-hybridized carbons (Fsp3) is 0.889. The molecule has 1 heterocycles. The molecular weight excluding hydrogens is 156 g/mol. The van der Waals surface area contributed by atoms with Gasteiger partial charge in [-0.05, 0) is 31.1 Å². The average molecular weight is 170 g/mol. The van der Waals surface area contributed by atoms with E-state index in [1.807, 2.05) is 0 Å². The topological polar surface area (TPSA) is 46.5 Å². The highest BCUT2D eigenvalue weighted by Gasteiger charge is 2.47. The van der Waals surface area contributed by atoms with Crippen LogP contribution in [-0.4, -0.2) is 24.3 Å². The molecule has 0 aromatic heterocycles. The summed E-state index contributed by atoms with van der Waals surface area (Å²) >= 11 is 0. The lowest BCUT2D eigenvalue weighted by molar-refractivity contribution is -0.139. The Labute approximate surface area is 71.7 Å². The summed E-state index contributed by atoms with van der Waals surface area (Å²) in [6, 6.07) is 0. The van der Waals surface area contributed by atoms with E-state index in [2.05, 4.69) is 0 Å². The molecule has 3 heteroatoms. The summed E-state index contributed by atoms with van der Waals surface area (Å²) in [5.74, 6) is 0.268. The molecule has 0 aromatic carbocycles. The SMILES string of the molecule is O=C(O)[C@@H]1C[C@H]1C1CCCOC1. The van der Waals surface area contributed by atoms with E-state index >= 15 is 0 Å². The van der Waals surface area contributed by atoms with Gasteiger partial charge >= 0.3 is 5.97 Å². The van der Waals surface area contributed by atoms with Crippen LogP contribution in [-0.2, 0) is 9.53 Å². The van der Waals surface area contributed by atoms with Crippen molar-refractivity contribution in [1.29, 1.82) is 0 Å². The maximum atomic E-state index is 10.6. The third-order valence-corrected chi connectivity index (χ3v) is 2.96. The normalized spacial score (nSPS) is 40.8. The molecule has 1 unspecified atom stereocenters. The standard InChI is InChI=1S/C9H14O3/c10-9(11)8-4-7(8)6-2-1-3-12-5-6/h6-8H,1-5H2,(H,10,11)/t6?,7-,8+/m0/s1. The van der Waals surface area contributed by atoms with Crippen molar-refractivity contribution in [2.24, 2.45) is 17.8 Å². The summed E-state index contributed by atoms with van der Waals surface area (Å²) in [5.41, 5.74) is 0. The van der Waals surface area contributed by atoms with Crippen molar-refractivity contribution in [3.8, 4) is 0 Å². The van der Waals surface area contributed by atoms with E-state index in [9.17, 15) is 4.79 Å². The van der Waals surface area contributed by atoms with Gasteiger partial charge in [0.25, 0.3) is 0 Å². The second kappa shape index (κ2) is 3.05. The molecule has 1 N–H and O–H groups in total. The van der Waals surface area contributed by atoms with Gasteiger partial charge in [-0.15, -0.1) is 0 Å². The summed E-state index contributed by atoms with van der Waals surface area (Å²) in [6.45, 7) is 1.65. The van der Waals surface area contributed by atoms with Crippen molar-refractivity contribution in [3.05, 3.63) is 0 Å². The predicted octanol–water partition coefficient (Wildman–Crippen LogP) is 1.13. The fourth-order valence-corrected chi connectivity index (χ4v) is 2.12. The summed E-state index contributed by atoms with van der Waals surface area (Å²) < 4.78 is 5.32. The minimum Gasteiger partial charge on any atom is -0.481 e. The quantitative estimate of drug-likeness (QED) is 0.675. The summed E-state index contributed by atoms with van der Waals surface area (Å²) in [5, 5.41) is 8.71. The Bertz CT molecular complexity index is 184. The minimum atomic E-state index is -0.620. The number of carbonyl (C=O) groups is 1. The highest BCUT2D eigenvalue weighted by atomic mass is 16.5. The van der Waals surface area contributed by atoms with Crippen LogP contribution in [0.5, 0.6) is 0 Å². The smallest absolute Gasteiger partial charge is 0.306 e. The first-order valence-electron chi connectivity index (χ1n) is 4.59. The van der Waals surface area contributed by atoms with E-state index < -0.39 is 5.97 Å². The molecule has 0 spiro atoms. The molecule has 68 valence electrons. The molecule has 1 aliphatic carbocycles. The zero-order valence-corrected chi connectivity index (χ0v) is 7.03. The van der Waals surface area contributed by atoms with Gasteiger partial charge in [0.05, 0.1) is 5.92 Å². The Balaban J connectivity index is 1.83. The Morgan fingerprint density at radius 3 is 2.83 bits per heavy atom. The first-order valence-corrected chi connectivity index (χ1v) is 4.59. The second-order valence-electron chi connectivity index (χ2n) is 3.82. The average Bonchev–Trinajstić information content (AvgIpc) is 2.84. The number of aliphatic carboxylic acids is 1. The maximum absolute atomic E-state index is 10.6. The van der Waals surface area contributed by atoms with E-state index in [0.29, 0.717) is 11.8 Å². The molecule has 2 fully saturated rings. The molecule has 3 atom stereocenters. The van der Waals surface area contributed by atoms with Crippen LogP contribution in [0.3, 0.4) is 0 Å². The van der Waals surface area contributed by atoms with Crippen LogP contribution >= 0.6 is 0 Å². The molecule has 0 aromatic rings. The highest BCUT2D eigenvalue weighted by molar-refractivity contribution is 5.73. The van der Waals surface area contributed by atoms with E-state index in [-0.39, 0.29) is 5.92 Å². The lowest BCUT2D eigenvalue weighted by Gasteiger charge is -2.21. The van der Waals surface area contributed by atoms with Gasteiger partial charge in [-0.1, -0.05) is 0 Å². The van der Waals surface area contributed by atoms with Gasteiger partial charge in [0.1, 0.15) is 0 Å². The van der Waals surface area contributed by atoms with Gasteiger partial charge < -0.3 is 9.84 Å². The number of rotatable bonds is 2. The third kappa shape index (κ3) is 1.46. The molecule has 2 aliphatic rings. The lowest BCUT2D eigenvalue weighted by atomic mass is 9.96. The summed E-state index contributed by atoms with van der Waals surface area (Å²) in [4.78, 5) is 10.6. The van der Waals surface area contributed by atoms with Crippen molar-refractivity contribution in [2.45, 2.75) is 19.3 Å². The van der Waals surface area contributed by atoms with Crippen molar-refractivity contribution in [1.82, 2.24) is 0 Å². The first kappa shape index (κ1) is 8.05. The van der Waals surface area contributed by atoms with Gasteiger partial charge in [-0.25, -0.2) is 0 Å². The van der Waals surface area contributed by atoms with E-state index in [1.165, 1.54) is 0 Å². The fourth-order valence-electron chi connectivity index (χ4n) is 2.12. The van der Waals surface area contributed by atoms with Crippen LogP contribution in [0, 0.1) is 17.8 Å². The van der Waals surface area contributed by atoms with Crippen LogP contribution in [0.15, 0.2) is 0 Å². The predicted molar refractivity (Wildman–Crippen MR) is 42.8 cm³/mol. The van der Waals surface area contributed by atoms with E-state index in [1.54, 1.807) is 0 Å². The lowest BCUT2D eigenvalue weighted by Crippen LogP contribution is -2.20. The molecule has 0 radical (unpaired) electrons. The largest absolute Gasteiger partial charge is 0.481 e. The van der Waals surface area contributed by atoms with Crippen LogP contribution in [0.4, 0.5) is 0 Å². The van der Waals surface area contributed by atoms with Crippen molar-refractivity contribution < 1.29 is 14.6 Å². The molecule has 3 nitrogen and oxygen atoms in total. The van der Waals surface area contributed by atoms with Crippen molar-refractivity contribution >= 4 is 5.97 Å². The Kier molecular flexibility index (Phi) is 2.05. The van der Waals surface area contributed by atoms with Crippen molar-refractivity contribution in [2.75, 3.05) is 13.2 Å². The molecule has 1 saturated carbocycles. The Morgan fingerprint density at radius 1 is 1.50 bits per heavy atom. The van der Waals surface area contributed by atoms with E-state index in [0.717, 1.165) is 32.5 Å². The first-order chi connectivity index (χ1) is 5.79. The number of ether oxygens (including phenoxy) is 1. The third-order valence-electron chi connectivity index (χ3n) is 2.96. The number of carboxylic acid groups (broad SMARTS) is 1. The van der Waals surface area contributed by atoms with Crippen molar-refractivity contribution in [3.63, 3.8) is 0 Å². The molecule has 12 heavy (non-hydrogen) atoms. The van der Waals surface area contributed by atoms with Gasteiger partial charge in [0, 0.05) is 13.2 Å². The molecule has 1 aliphatic heterocycles. The molecule has 0 bridgehead atoms. The number of carboxylic acids is 1. The Hall–Kier alpha value is -0.570. The minimum absolute atomic E-state index is 0.0586. The van der Waals surface area contributed by atoms with Crippen LogP contribution in [0.1, 0.15) is 19.3 Å². The highest BCUT2D eigenvalue weighted by Crippen LogP contribution is 2.46. The van der Waals surface area contributed by atoms with Gasteiger partial charge in [0.2, 0.25) is 0 Å². The molecular formula is C9H14O3. The van der Waals surface area contributed by atoms with Gasteiger partial charge in [-0.3, -0.25) is 4.79 Å². The molecule has 2 rings (SSSR count). The van der Waals surface area contributed by atoms with Crippen LogP contribution in [0.25, 0.3) is 0 Å². The van der Waals surface area contributed by atoms with Gasteiger partial charge in [0.15, 0.2) is 0 Å². The van der Waals surface area contributed by atoms with Gasteiger partial charge in [-0.2, -0.15) is 0 Å². The summed E-state index contributed by atoms with van der Waals surface area (Å²) in [7, 11) is 0. The summed E-state index contributed by atoms with van der Waals surface area (Å²) in [6.07, 6.45) is 3.14. The molecule has 1 saturated heterocycles. The maximum Gasteiger partial charge on any atom is 0.306 e. The second-order valence-corrected chi connectivity index (χ2v) is 3.82. The number of hydrogen-bond donors (Lipinski definition) is 1. The Morgan fingerprint density at radius 2 is 2.33 bits per heavy atom. The van der Waals surface area contributed by atoms with E-state index in [4.69, 9.17) is 9.84 Å². The van der Waals surface area contributed by atoms with Crippen LogP contribution < -0.4 is 0 Å². The zero-order valence-electron chi connectivity index (χ0n) is 7.03. The number of hydrogen-bond acceptors (Lipinski definition) is 2. The zero-order chi connectivity index (χ0) is 8.55. The van der Waals surface area contributed by atoms with Crippen LogP contribution in [0.2, 0.25) is 0 Å². The molecule has 0 amide bonds.